The first-order valence-electron chi connectivity index (χ1n) is 5.75. The molecule has 106 valence electrons. The van der Waals surface area contributed by atoms with Crippen molar-refractivity contribution in [3.05, 3.63) is 18.5 Å². The van der Waals surface area contributed by atoms with Crippen molar-refractivity contribution in [1.29, 1.82) is 0 Å². The van der Waals surface area contributed by atoms with Crippen molar-refractivity contribution >= 4 is 62.9 Å². The second-order valence-corrected chi connectivity index (χ2v) is 7.04. The smallest absolute Gasteiger partial charge is 0.406 e. The van der Waals surface area contributed by atoms with Gasteiger partial charge >= 0.3 is 6.09 Å². The molecular weight excluding hydrogens is 493 g/mol. The highest BCUT2D eigenvalue weighted by Gasteiger charge is 2.24. The molecule has 0 fully saturated rings. The van der Waals surface area contributed by atoms with Gasteiger partial charge in [-0.25, -0.2) is 9.78 Å². The summed E-state index contributed by atoms with van der Waals surface area (Å²) < 4.78 is 6.74. The van der Waals surface area contributed by atoms with Gasteiger partial charge in [-0.2, -0.15) is 0 Å². The van der Waals surface area contributed by atoms with E-state index in [0.717, 1.165) is 3.70 Å². The molecule has 0 N–H and O–H groups in total. The fraction of sp³-hybridized carbons (Fsp3) is 0.500. The maximum atomic E-state index is 12.2. The fourth-order valence-electron chi connectivity index (χ4n) is 1.69. The summed E-state index contributed by atoms with van der Waals surface area (Å²) in [5.74, 6) is 0.319. The van der Waals surface area contributed by atoms with E-state index in [1.165, 1.54) is 0 Å². The summed E-state index contributed by atoms with van der Waals surface area (Å²) in [5, 5.41) is 0.393. The van der Waals surface area contributed by atoms with Gasteiger partial charge in [0.1, 0.15) is 7.40 Å². The van der Waals surface area contributed by atoms with E-state index in [-0.39, 0.29) is 12.1 Å². The first kappa shape index (κ1) is 17.2. The van der Waals surface area contributed by atoms with Gasteiger partial charge in [-0.3, -0.25) is 0 Å². The van der Waals surface area contributed by atoms with E-state index in [1.807, 2.05) is 50.3 Å². The summed E-state index contributed by atoms with van der Waals surface area (Å²) in [4.78, 5) is 18.1. The Bertz CT molecular complexity index is 450. The van der Waals surface area contributed by atoms with Crippen LogP contribution in [0.4, 0.5) is 4.79 Å². The second-order valence-electron chi connectivity index (χ2n) is 4.51. The maximum absolute atomic E-state index is 12.2. The summed E-state index contributed by atoms with van der Waals surface area (Å²) in [7, 11) is 0. The van der Waals surface area contributed by atoms with E-state index < -0.39 is 6.09 Å². The second kappa shape index (κ2) is 7.26. The Balaban J connectivity index is 2.99. The van der Waals surface area contributed by atoms with Gasteiger partial charge < -0.3 is 9.64 Å². The number of rotatable bonds is 3. The number of ether oxygens (including phenoxy) is 1. The Morgan fingerprint density at radius 1 is 1.32 bits per heavy atom. The molecule has 1 amide bonds. The Kier molecular flexibility index (Phi) is 6.58. The van der Waals surface area contributed by atoms with Gasteiger partial charge in [0, 0.05) is 12.1 Å². The average molecular weight is 509 g/mol. The standard InChI is InChI=1S/C12H15ClI2N2O2/c1-6(2)17(7(3)4)12(18)19-10-8(13)5-9(14)16-11(10)15/h5-7H,1-4H3. The first-order valence-corrected chi connectivity index (χ1v) is 8.29. The van der Waals surface area contributed by atoms with E-state index in [2.05, 4.69) is 27.6 Å². The monoisotopic (exact) mass is 508 g/mol. The minimum absolute atomic E-state index is 0.0562. The number of aromatic nitrogens is 1. The molecule has 1 heterocycles. The molecule has 0 aliphatic heterocycles. The Labute approximate surface area is 145 Å². The van der Waals surface area contributed by atoms with Crippen molar-refractivity contribution in [3.8, 4) is 5.75 Å². The zero-order chi connectivity index (χ0) is 14.7. The number of hydrogen-bond donors (Lipinski definition) is 0. The number of nitrogens with zero attached hydrogens (tertiary/aromatic N) is 2. The molecule has 0 aliphatic rings. The molecule has 1 rings (SSSR count). The third-order valence-electron chi connectivity index (χ3n) is 2.37. The quantitative estimate of drug-likeness (QED) is 0.444. The summed E-state index contributed by atoms with van der Waals surface area (Å²) in [6.45, 7) is 7.78. The predicted octanol–water partition coefficient (Wildman–Crippen LogP) is 4.56. The zero-order valence-electron chi connectivity index (χ0n) is 11.1. The predicted molar refractivity (Wildman–Crippen MR) is 92.8 cm³/mol. The molecule has 0 unspecified atom stereocenters. The van der Waals surface area contributed by atoms with Crippen LogP contribution in [-0.4, -0.2) is 28.1 Å². The van der Waals surface area contributed by atoms with Crippen LogP contribution in [0.25, 0.3) is 0 Å². The Morgan fingerprint density at radius 3 is 2.26 bits per heavy atom. The molecule has 0 bridgehead atoms. The molecule has 0 saturated heterocycles. The molecule has 0 radical (unpaired) electrons. The molecule has 19 heavy (non-hydrogen) atoms. The fourth-order valence-corrected chi connectivity index (χ4v) is 3.94. The third kappa shape index (κ3) is 4.59. The van der Waals surface area contributed by atoms with Crippen LogP contribution in [0.1, 0.15) is 27.7 Å². The van der Waals surface area contributed by atoms with Crippen molar-refractivity contribution in [1.82, 2.24) is 9.88 Å². The molecule has 7 heteroatoms. The van der Waals surface area contributed by atoms with Gasteiger partial charge in [0.15, 0.2) is 5.75 Å². The van der Waals surface area contributed by atoms with Gasteiger partial charge in [-0.15, -0.1) is 0 Å². The SMILES string of the molecule is CC(C)N(C(=O)Oc1c(Cl)cc(I)nc1I)C(C)C. The van der Waals surface area contributed by atoms with E-state index in [0.29, 0.717) is 14.5 Å². The van der Waals surface area contributed by atoms with Crippen LogP contribution in [0.2, 0.25) is 5.02 Å². The highest BCUT2D eigenvalue weighted by molar-refractivity contribution is 14.1. The van der Waals surface area contributed by atoms with Crippen LogP contribution in [0, 0.1) is 7.40 Å². The van der Waals surface area contributed by atoms with Crippen molar-refractivity contribution in [2.24, 2.45) is 0 Å². The molecule has 0 aliphatic carbocycles. The van der Waals surface area contributed by atoms with Crippen LogP contribution in [0.15, 0.2) is 6.07 Å². The van der Waals surface area contributed by atoms with Crippen LogP contribution in [0.5, 0.6) is 5.75 Å². The van der Waals surface area contributed by atoms with Crippen molar-refractivity contribution in [3.63, 3.8) is 0 Å². The van der Waals surface area contributed by atoms with Crippen molar-refractivity contribution in [2.75, 3.05) is 0 Å². The van der Waals surface area contributed by atoms with Crippen LogP contribution in [0.3, 0.4) is 0 Å². The van der Waals surface area contributed by atoms with E-state index >= 15 is 0 Å². The lowest BCUT2D eigenvalue weighted by molar-refractivity contribution is 0.122. The number of carbonyl (C=O) groups excluding carboxylic acids is 1. The van der Waals surface area contributed by atoms with Crippen LogP contribution in [-0.2, 0) is 0 Å². The molecule has 1 aromatic rings. The third-order valence-corrected chi connectivity index (χ3v) is 3.93. The number of hydrogen-bond acceptors (Lipinski definition) is 3. The minimum atomic E-state index is -0.409. The van der Waals surface area contributed by atoms with E-state index in [9.17, 15) is 4.79 Å². The first-order chi connectivity index (χ1) is 8.73. The van der Waals surface area contributed by atoms with Gasteiger partial charge in [-0.05, 0) is 78.9 Å². The van der Waals surface area contributed by atoms with Crippen molar-refractivity contribution in [2.45, 2.75) is 39.8 Å². The topological polar surface area (TPSA) is 42.4 Å². The number of amides is 1. The highest BCUT2D eigenvalue weighted by atomic mass is 127. The van der Waals surface area contributed by atoms with Crippen LogP contribution >= 0.6 is 56.8 Å². The highest BCUT2D eigenvalue weighted by Crippen LogP contribution is 2.30. The van der Waals surface area contributed by atoms with E-state index in [1.54, 1.807) is 11.0 Å². The number of pyridine rings is 1. The summed E-state index contributed by atoms with van der Waals surface area (Å²) >= 11 is 10.2. The molecular formula is C12H15ClI2N2O2. The lowest BCUT2D eigenvalue weighted by Crippen LogP contribution is -2.43. The molecule has 0 spiro atoms. The molecule has 0 aromatic carbocycles. The van der Waals surface area contributed by atoms with Gasteiger partial charge in [0.25, 0.3) is 0 Å². The summed E-state index contributed by atoms with van der Waals surface area (Å²) in [6.07, 6.45) is -0.409. The molecule has 1 aromatic heterocycles. The van der Waals surface area contributed by atoms with Crippen LogP contribution < -0.4 is 4.74 Å². The van der Waals surface area contributed by atoms with Gasteiger partial charge in [0.05, 0.1) is 5.02 Å². The number of carbonyl (C=O) groups is 1. The average Bonchev–Trinajstić information content (AvgIpc) is 2.22. The largest absolute Gasteiger partial charge is 0.415 e. The van der Waals surface area contributed by atoms with Gasteiger partial charge in [-0.1, -0.05) is 11.6 Å². The molecule has 4 nitrogen and oxygen atoms in total. The lowest BCUT2D eigenvalue weighted by Gasteiger charge is -2.29. The maximum Gasteiger partial charge on any atom is 0.415 e. The van der Waals surface area contributed by atoms with Crippen molar-refractivity contribution < 1.29 is 9.53 Å². The molecule has 0 saturated carbocycles. The summed E-state index contributed by atoms with van der Waals surface area (Å²) in [6, 6.07) is 1.78. The lowest BCUT2D eigenvalue weighted by atomic mass is 10.2. The molecule has 0 atom stereocenters. The number of halogens is 3. The minimum Gasteiger partial charge on any atom is -0.406 e. The Hall–Kier alpha value is 0.170. The van der Waals surface area contributed by atoms with Gasteiger partial charge in [0.2, 0.25) is 0 Å². The summed E-state index contributed by atoms with van der Waals surface area (Å²) in [5.41, 5.74) is 0. The zero-order valence-corrected chi connectivity index (χ0v) is 16.1. The Morgan fingerprint density at radius 2 is 1.84 bits per heavy atom. The normalized spacial score (nSPS) is 11.0. The van der Waals surface area contributed by atoms with E-state index in [4.69, 9.17) is 16.3 Å².